The molecule has 0 radical (unpaired) electrons. The number of hydrogen-bond donors (Lipinski definition) is 1. The van der Waals surface area contributed by atoms with Crippen molar-refractivity contribution in [1.82, 2.24) is 5.32 Å². The zero-order valence-corrected chi connectivity index (χ0v) is 14.1. The van der Waals surface area contributed by atoms with Gasteiger partial charge in [-0.05, 0) is 18.5 Å². The quantitative estimate of drug-likeness (QED) is 0.761. The van der Waals surface area contributed by atoms with Crippen LogP contribution in [-0.4, -0.2) is 38.0 Å². The van der Waals surface area contributed by atoms with Gasteiger partial charge in [-0.15, -0.1) is 0 Å². The molecule has 5 heteroatoms. The van der Waals surface area contributed by atoms with Crippen LogP contribution in [0, 0.1) is 0 Å². The van der Waals surface area contributed by atoms with Crippen molar-refractivity contribution >= 4 is 21.6 Å². The van der Waals surface area contributed by atoms with Gasteiger partial charge in [-0.3, -0.25) is 0 Å². The fourth-order valence-electron chi connectivity index (χ4n) is 2.14. The zero-order chi connectivity index (χ0) is 15.0. The Kier molecular flexibility index (Phi) is 7.62. The fourth-order valence-corrected chi connectivity index (χ4v) is 4.73. The molecule has 3 nitrogen and oxygen atoms in total. The molecule has 1 rings (SSSR count). The van der Waals surface area contributed by atoms with E-state index < -0.39 is 9.84 Å². The molecular weight excluding hydrogens is 290 g/mol. The molecule has 0 bridgehead atoms. The van der Waals surface area contributed by atoms with Crippen molar-refractivity contribution in [1.29, 1.82) is 0 Å². The van der Waals surface area contributed by atoms with Crippen LogP contribution in [0.3, 0.4) is 0 Å². The smallest absolute Gasteiger partial charge is 0.148 e. The highest BCUT2D eigenvalue weighted by atomic mass is 32.2. The Labute approximate surface area is 127 Å². The Morgan fingerprint density at radius 3 is 2.35 bits per heavy atom. The van der Waals surface area contributed by atoms with E-state index in [0.29, 0.717) is 11.0 Å². The van der Waals surface area contributed by atoms with Crippen molar-refractivity contribution in [2.24, 2.45) is 0 Å². The molecule has 0 saturated carbocycles. The van der Waals surface area contributed by atoms with E-state index in [1.807, 2.05) is 18.2 Å². The van der Waals surface area contributed by atoms with Gasteiger partial charge in [0.1, 0.15) is 9.84 Å². The van der Waals surface area contributed by atoms with E-state index in [2.05, 4.69) is 31.3 Å². The average molecular weight is 316 g/mol. The van der Waals surface area contributed by atoms with Crippen molar-refractivity contribution in [2.75, 3.05) is 24.3 Å². The van der Waals surface area contributed by atoms with Gasteiger partial charge in [0, 0.05) is 23.3 Å². The van der Waals surface area contributed by atoms with Crippen LogP contribution in [0.2, 0.25) is 0 Å². The van der Waals surface area contributed by atoms with Crippen LogP contribution in [0.1, 0.15) is 31.9 Å². The van der Waals surface area contributed by atoms with Crippen LogP contribution in [0.25, 0.3) is 0 Å². The Hall–Kier alpha value is -0.520. The second kappa shape index (κ2) is 8.70. The number of benzene rings is 1. The lowest BCUT2D eigenvalue weighted by molar-refractivity contribution is 0.521. The number of thioether (sulfide) groups is 1. The lowest BCUT2D eigenvalue weighted by Crippen LogP contribution is -2.30. The lowest BCUT2D eigenvalue weighted by Gasteiger charge is -2.27. The van der Waals surface area contributed by atoms with Crippen LogP contribution in [0.15, 0.2) is 30.3 Å². The molecule has 114 valence electrons. The number of hydrogen-bond acceptors (Lipinski definition) is 4. The predicted molar refractivity (Wildman–Crippen MR) is 89.1 cm³/mol. The third-order valence-corrected chi connectivity index (χ3v) is 5.82. The van der Waals surface area contributed by atoms with Crippen molar-refractivity contribution in [3.63, 3.8) is 0 Å². The van der Waals surface area contributed by atoms with Crippen LogP contribution in [0.4, 0.5) is 0 Å². The minimum Gasteiger partial charge on any atom is -0.309 e. The van der Waals surface area contributed by atoms with E-state index in [9.17, 15) is 8.42 Å². The molecule has 20 heavy (non-hydrogen) atoms. The van der Waals surface area contributed by atoms with E-state index in [1.165, 1.54) is 11.8 Å². The van der Waals surface area contributed by atoms with Crippen LogP contribution >= 0.6 is 11.8 Å². The maximum Gasteiger partial charge on any atom is 0.148 e. The van der Waals surface area contributed by atoms with E-state index in [1.54, 1.807) is 11.8 Å². The zero-order valence-electron chi connectivity index (χ0n) is 12.5. The molecule has 0 heterocycles. The first-order valence-corrected chi connectivity index (χ1v) is 10.2. The molecule has 1 aromatic rings. The fraction of sp³-hybridized carbons (Fsp3) is 0.600. The number of rotatable bonds is 9. The van der Waals surface area contributed by atoms with Gasteiger partial charge >= 0.3 is 0 Å². The van der Waals surface area contributed by atoms with E-state index in [4.69, 9.17) is 0 Å². The average Bonchev–Trinajstić information content (AvgIpc) is 2.41. The summed E-state index contributed by atoms with van der Waals surface area (Å²) in [6.07, 6.45) is 2.31. The summed E-state index contributed by atoms with van der Waals surface area (Å²) in [6, 6.07) is 10.7. The maximum atomic E-state index is 11.2. The minimum atomic E-state index is -2.87. The van der Waals surface area contributed by atoms with E-state index >= 15 is 0 Å². The Morgan fingerprint density at radius 2 is 1.85 bits per heavy atom. The summed E-state index contributed by atoms with van der Waals surface area (Å²) in [5.74, 6) is 0.911. The van der Waals surface area contributed by atoms with Gasteiger partial charge in [0.15, 0.2) is 0 Å². The van der Waals surface area contributed by atoms with Gasteiger partial charge in [-0.2, -0.15) is 11.8 Å². The largest absolute Gasteiger partial charge is 0.309 e. The first-order valence-electron chi connectivity index (χ1n) is 7.05. The van der Waals surface area contributed by atoms with Crippen LogP contribution in [0.5, 0.6) is 0 Å². The first-order chi connectivity index (χ1) is 9.48. The summed E-state index contributed by atoms with van der Waals surface area (Å²) in [7, 11) is -2.87. The number of nitrogens with one attached hydrogen (secondary N) is 1. The van der Waals surface area contributed by atoms with Crippen molar-refractivity contribution in [3.05, 3.63) is 35.9 Å². The van der Waals surface area contributed by atoms with Crippen molar-refractivity contribution in [2.45, 2.75) is 31.6 Å². The standard InChI is InChI=1S/C15H25NO2S2/c1-4-14(19-11-12-20(3,17)18)15(16-5-2)13-9-7-6-8-10-13/h6-10,14-16H,4-5,11-12H2,1-3H3. The number of sulfone groups is 1. The first kappa shape index (κ1) is 17.5. The lowest BCUT2D eigenvalue weighted by atomic mass is 10.0. The van der Waals surface area contributed by atoms with Gasteiger partial charge in [0.05, 0.1) is 5.75 Å². The summed E-state index contributed by atoms with van der Waals surface area (Å²) >= 11 is 1.75. The third-order valence-electron chi connectivity index (χ3n) is 3.14. The summed E-state index contributed by atoms with van der Waals surface area (Å²) in [5, 5.41) is 3.92. The molecule has 1 aromatic carbocycles. The second-order valence-electron chi connectivity index (χ2n) is 4.89. The SMILES string of the molecule is CCNC(c1ccccc1)C(CC)SCCS(C)(=O)=O. The highest BCUT2D eigenvalue weighted by molar-refractivity contribution is 8.01. The van der Waals surface area contributed by atoms with Crippen molar-refractivity contribution in [3.8, 4) is 0 Å². The molecule has 1 N–H and O–H groups in total. The molecule has 0 aliphatic rings. The molecule has 0 aliphatic heterocycles. The Morgan fingerprint density at radius 1 is 1.20 bits per heavy atom. The normalized spacial score (nSPS) is 14.9. The van der Waals surface area contributed by atoms with E-state index in [-0.39, 0.29) is 11.8 Å². The molecule has 0 spiro atoms. The van der Waals surface area contributed by atoms with Gasteiger partial charge in [-0.25, -0.2) is 8.42 Å². The Balaban J connectivity index is 2.72. The summed E-state index contributed by atoms with van der Waals surface area (Å²) in [4.78, 5) is 0. The highest BCUT2D eigenvalue weighted by Crippen LogP contribution is 2.29. The summed E-state index contributed by atoms with van der Waals surface area (Å²) in [5.41, 5.74) is 1.27. The minimum absolute atomic E-state index is 0.252. The molecule has 2 atom stereocenters. The van der Waals surface area contributed by atoms with Crippen LogP contribution < -0.4 is 5.32 Å². The van der Waals surface area contributed by atoms with Gasteiger partial charge in [0.2, 0.25) is 0 Å². The second-order valence-corrected chi connectivity index (χ2v) is 8.50. The van der Waals surface area contributed by atoms with Gasteiger partial charge in [-0.1, -0.05) is 44.2 Å². The highest BCUT2D eigenvalue weighted by Gasteiger charge is 2.21. The van der Waals surface area contributed by atoms with Gasteiger partial charge < -0.3 is 5.32 Å². The molecule has 0 aromatic heterocycles. The van der Waals surface area contributed by atoms with E-state index in [0.717, 1.165) is 13.0 Å². The van der Waals surface area contributed by atoms with Crippen molar-refractivity contribution < 1.29 is 8.42 Å². The van der Waals surface area contributed by atoms with Gasteiger partial charge in [0.25, 0.3) is 0 Å². The molecule has 0 aliphatic carbocycles. The predicted octanol–water partition coefficient (Wildman–Crippen LogP) is 2.89. The summed E-state index contributed by atoms with van der Waals surface area (Å²) in [6.45, 7) is 5.16. The molecule has 0 saturated heterocycles. The van der Waals surface area contributed by atoms with Crippen LogP contribution in [-0.2, 0) is 9.84 Å². The maximum absolute atomic E-state index is 11.2. The Bertz CT molecular complexity index is 474. The topological polar surface area (TPSA) is 46.2 Å². The monoisotopic (exact) mass is 315 g/mol. The molecule has 0 amide bonds. The molecule has 0 fully saturated rings. The molecule has 2 unspecified atom stereocenters. The summed E-state index contributed by atoms with van der Waals surface area (Å²) < 4.78 is 22.5. The molecular formula is C15H25NO2S2. The third kappa shape index (κ3) is 6.29.